The summed E-state index contributed by atoms with van der Waals surface area (Å²) in [6.45, 7) is 5.26. The van der Waals surface area contributed by atoms with E-state index in [4.69, 9.17) is 0 Å². The Kier molecular flexibility index (Phi) is 10.5. The first-order valence-corrected chi connectivity index (χ1v) is 15.7. The number of anilines is 2. The molecule has 1 aromatic heterocycles. The fourth-order valence-corrected chi connectivity index (χ4v) is 5.91. The number of imide groups is 1. The Hall–Kier alpha value is -5.64. The lowest BCUT2D eigenvalue weighted by atomic mass is 9.87. The summed E-state index contributed by atoms with van der Waals surface area (Å²) in [6.07, 6.45) is 5.17. The number of pyridine rings is 1. The maximum atomic E-state index is 13.5. The van der Waals surface area contributed by atoms with Gasteiger partial charge in [-0.3, -0.25) is 29.1 Å². The van der Waals surface area contributed by atoms with Gasteiger partial charge >= 0.3 is 0 Å². The van der Waals surface area contributed by atoms with Gasteiger partial charge in [0.05, 0.1) is 24.0 Å². The summed E-state index contributed by atoms with van der Waals surface area (Å²) in [5, 5.41) is 6.14. The van der Waals surface area contributed by atoms with E-state index in [9.17, 15) is 24.0 Å². The van der Waals surface area contributed by atoms with E-state index in [0.29, 0.717) is 28.8 Å². The number of hydrogen-bond donors (Lipinski definition) is 2. The molecule has 0 saturated carbocycles. The van der Waals surface area contributed by atoms with Crippen molar-refractivity contribution in [3.05, 3.63) is 113 Å². The van der Waals surface area contributed by atoms with Gasteiger partial charge in [0, 0.05) is 47.2 Å². The van der Waals surface area contributed by atoms with Crippen LogP contribution in [0.15, 0.2) is 85.1 Å². The minimum absolute atomic E-state index is 0.0791. The Labute approximate surface area is 273 Å². The van der Waals surface area contributed by atoms with Crippen molar-refractivity contribution in [3.8, 4) is 11.3 Å². The van der Waals surface area contributed by atoms with Crippen LogP contribution in [0.3, 0.4) is 0 Å². The molecule has 10 heteroatoms. The second-order valence-electron chi connectivity index (χ2n) is 11.2. The van der Waals surface area contributed by atoms with Crippen molar-refractivity contribution in [3.63, 3.8) is 0 Å². The molecule has 47 heavy (non-hydrogen) atoms. The number of hydrogen-bond acceptors (Lipinski definition) is 7. The summed E-state index contributed by atoms with van der Waals surface area (Å²) < 4.78 is 0. The van der Waals surface area contributed by atoms with Crippen LogP contribution in [0.4, 0.5) is 11.4 Å². The van der Waals surface area contributed by atoms with Crippen LogP contribution in [0.2, 0.25) is 0 Å². The number of rotatable bonds is 12. The molecule has 0 radical (unpaired) electrons. The minimum atomic E-state index is -0.693. The highest BCUT2D eigenvalue weighted by molar-refractivity contribution is 6.09. The molecule has 0 aliphatic heterocycles. The molecule has 0 spiro atoms. The van der Waals surface area contributed by atoms with E-state index in [1.54, 1.807) is 30.5 Å². The minimum Gasteiger partial charge on any atom is -0.372 e. The quantitative estimate of drug-likeness (QED) is 0.199. The fraction of sp³-hybridized carbons (Fsp3) is 0.243. The maximum Gasteiger partial charge on any atom is 0.260 e. The Morgan fingerprint density at radius 2 is 1.64 bits per heavy atom. The van der Waals surface area contributed by atoms with Crippen LogP contribution >= 0.6 is 0 Å². The first-order chi connectivity index (χ1) is 22.9. The molecule has 1 aliphatic rings. The highest BCUT2D eigenvalue weighted by atomic mass is 16.2. The Bertz CT molecular complexity index is 1800. The molecule has 1 atom stereocenters. The number of nitrogens with one attached hydrogen (secondary N) is 2. The molecule has 1 aliphatic carbocycles. The lowest BCUT2D eigenvalue weighted by Crippen LogP contribution is -2.31. The van der Waals surface area contributed by atoms with E-state index in [0.717, 1.165) is 48.5 Å². The van der Waals surface area contributed by atoms with Gasteiger partial charge in [-0.1, -0.05) is 30.3 Å². The predicted molar refractivity (Wildman–Crippen MR) is 180 cm³/mol. The van der Waals surface area contributed by atoms with Gasteiger partial charge in [0.25, 0.3) is 17.7 Å². The second-order valence-corrected chi connectivity index (χ2v) is 11.2. The topological polar surface area (TPSA) is 129 Å². The summed E-state index contributed by atoms with van der Waals surface area (Å²) in [4.78, 5) is 69.5. The molecule has 1 heterocycles. The molecule has 3 aromatic carbocycles. The summed E-state index contributed by atoms with van der Waals surface area (Å²) >= 11 is 0. The van der Waals surface area contributed by atoms with Crippen LogP contribution in [-0.4, -0.2) is 59.9 Å². The molecule has 4 amide bonds. The number of aldehydes is 1. The molecule has 0 fully saturated rings. The summed E-state index contributed by atoms with van der Waals surface area (Å²) in [6, 6.07) is 23.1. The number of nitrogens with zero attached hydrogens (tertiary/aromatic N) is 3. The van der Waals surface area contributed by atoms with E-state index in [2.05, 4.69) is 46.5 Å². The average Bonchev–Trinajstić information content (AvgIpc) is 3.11. The average molecular weight is 632 g/mol. The van der Waals surface area contributed by atoms with Crippen molar-refractivity contribution >= 4 is 41.8 Å². The Morgan fingerprint density at radius 1 is 0.872 bits per heavy atom. The third-order valence-corrected chi connectivity index (χ3v) is 8.38. The number of aromatic nitrogens is 1. The standard InChI is InChI=1S/C37H37N5O5/c1-3-41(4-2)29-15-16-33(40-35(45)26-11-7-12-28(21-26)37(47)42(24-44)19-20-43)31(23-29)34-22-27(17-18-38-34)36(46)39-32-14-8-10-25-9-5-6-13-30(25)32/h5-7,9,11-13,15-18,20-24,32H,3-4,8,10,14,19H2,1-2H3,(H,39,46)(H,40,45). The van der Waals surface area contributed by atoms with Crippen LogP contribution < -0.4 is 15.5 Å². The van der Waals surface area contributed by atoms with Gasteiger partial charge in [0.1, 0.15) is 6.29 Å². The zero-order chi connectivity index (χ0) is 33.3. The van der Waals surface area contributed by atoms with Crippen LogP contribution in [0.5, 0.6) is 0 Å². The smallest absolute Gasteiger partial charge is 0.260 e. The van der Waals surface area contributed by atoms with E-state index in [1.165, 1.54) is 23.8 Å². The highest BCUT2D eigenvalue weighted by Crippen LogP contribution is 2.33. The van der Waals surface area contributed by atoms with Gasteiger partial charge in [-0.05, 0) is 92.8 Å². The van der Waals surface area contributed by atoms with E-state index in [-0.39, 0.29) is 36.0 Å². The van der Waals surface area contributed by atoms with E-state index < -0.39 is 11.8 Å². The van der Waals surface area contributed by atoms with Gasteiger partial charge in [-0.2, -0.15) is 0 Å². The van der Waals surface area contributed by atoms with Crippen molar-refractivity contribution in [2.24, 2.45) is 0 Å². The molecular formula is C37H37N5O5. The monoisotopic (exact) mass is 631 g/mol. The van der Waals surface area contributed by atoms with Gasteiger partial charge in [0.15, 0.2) is 0 Å². The normalized spacial score (nSPS) is 13.5. The first kappa shape index (κ1) is 32.7. The fourth-order valence-electron chi connectivity index (χ4n) is 5.91. The lowest BCUT2D eigenvalue weighted by Gasteiger charge is -2.26. The summed E-state index contributed by atoms with van der Waals surface area (Å²) in [5.74, 6) is -1.39. The number of carbonyl (C=O) groups excluding carboxylic acids is 5. The zero-order valence-corrected chi connectivity index (χ0v) is 26.4. The zero-order valence-electron chi connectivity index (χ0n) is 26.4. The van der Waals surface area contributed by atoms with Crippen molar-refractivity contribution in [1.29, 1.82) is 0 Å². The van der Waals surface area contributed by atoms with Crippen molar-refractivity contribution < 1.29 is 24.0 Å². The van der Waals surface area contributed by atoms with Crippen LogP contribution in [-0.2, 0) is 16.0 Å². The summed E-state index contributed by atoms with van der Waals surface area (Å²) in [7, 11) is 0. The second kappa shape index (κ2) is 15.1. The predicted octanol–water partition coefficient (Wildman–Crippen LogP) is 5.45. The number of amides is 4. The Morgan fingerprint density at radius 3 is 2.40 bits per heavy atom. The van der Waals surface area contributed by atoms with Gasteiger partial charge in [-0.25, -0.2) is 0 Å². The third kappa shape index (κ3) is 7.44. The van der Waals surface area contributed by atoms with E-state index >= 15 is 0 Å². The van der Waals surface area contributed by atoms with Crippen LogP contribution in [0, 0.1) is 0 Å². The SMILES string of the molecule is CCN(CC)c1ccc(NC(=O)c2cccc(C(=O)N(C=O)CC=O)c2)c(-c2cc(C(=O)NC3CCCc4ccccc43)ccn2)c1. The van der Waals surface area contributed by atoms with Crippen molar-refractivity contribution in [2.45, 2.75) is 39.2 Å². The molecule has 4 aromatic rings. The molecule has 0 bridgehead atoms. The van der Waals surface area contributed by atoms with Gasteiger partial charge < -0.3 is 20.3 Å². The van der Waals surface area contributed by atoms with Crippen molar-refractivity contribution in [1.82, 2.24) is 15.2 Å². The highest BCUT2D eigenvalue weighted by Gasteiger charge is 2.23. The number of fused-ring (bicyclic) bond motifs is 1. The molecule has 1 unspecified atom stereocenters. The molecule has 0 saturated heterocycles. The molecule has 10 nitrogen and oxygen atoms in total. The van der Waals surface area contributed by atoms with Crippen LogP contribution in [0.25, 0.3) is 11.3 Å². The van der Waals surface area contributed by atoms with Crippen LogP contribution in [0.1, 0.15) is 74.9 Å². The van der Waals surface area contributed by atoms with Gasteiger partial charge in [0.2, 0.25) is 6.41 Å². The number of aryl methyl sites for hydroxylation is 1. The molecular weight excluding hydrogens is 594 g/mol. The largest absolute Gasteiger partial charge is 0.372 e. The molecule has 5 rings (SSSR count). The Balaban J connectivity index is 1.45. The maximum absolute atomic E-state index is 13.5. The number of carbonyl (C=O) groups is 5. The first-order valence-electron chi connectivity index (χ1n) is 15.7. The van der Waals surface area contributed by atoms with Crippen molar-refractivity contribution in [2.75, 3.05) is 29.9 Å². The summed E-state index contributed by atoms with van der Waals surface area (Å²) in [5.41, 5.74) is 5.63. The van der Waals surface area contributed by atoms with E-state index in [1.807, 2.05) is 24.3 Å². The number of benzene rings is 3. The van der Waals surface area contributed by atoms with Gasteiger partial charge in [-0.15, -0.1) is 0 Å². The lowest BCUT2D eigenvalue weighted by molar-refractivity contribution is -0.119. The third-order valence-electron chi connectivity index (χ3n) is 8.38. The molecule has 2 N–H and O–H groups in total. The molecule has 240 valence electrons.